The van der Waals surface area contributed by atoms with E-state index in [1.54, 1.807) is 30.3 Å². The highest BCUT2D eigenvalue weighted by atomic mass is 16.5. The average Bonchev–Trinajstić information content (AvgIpc) is 3.16. The van der Waals surface area contributed by atoms with Gasteiger partial charge in [-0.15, -0.1) is 0 Å². The monoisotopic (exact) mass is 445 g/mol. The van der Waals surface area contributed by atoms with Gasteiger partial charge in [-0.25, -0.2) is 5.43 Å². The van der Waals surface area contributed by atoms with E-state index in [2.05, 4.69) is 15.8 Å². The Balaban J connectivity index is 1.52. The Morgan fingerprint density at radius 1 is 1.06 bits per heavy atom. The summed E-state index contributed by atoms with van der Waals surface area (Å²) in [6, 6.07) is 14.5. The van der Waals surface area contributed by atoms with Crippen molar-refractivity contribution in [1.29, 1.82) is 0 Å². The first-order chi connectivity index (χ1) is 16.0. The maximum Gasteiger partial charge on any atom is 0.291 e. The number of rotatable bonds is 6. The Labute approximate surface area is 192 Å². The molecule has 7 nitrogen and oxygen atoms in total. The summed E-state index contributed by atoms with van der Waals surface area (Å²) in [6.45, 7) is 6.28. The summed E-state index contributed by atoms with van der Waals surface area (Å²) in [6.07, 6.45) is 2.25. The summed E-state index contributed by atoms with van der Waals surface area (Å²) in [7, 11) is 0. The maximum absolute atomic E-state index is 12.9. The number of carbonyl (C=O) groups is 2. The van der Waals surface area contributed by atoms with Crippen molar-refractivity contribution in [3.8, 4) is 5.75 Å². The van der Waals surface area contributed by atoms with E-state index in [1.807, 2.05) is 39.0 Å². The van der Waals surface area contributed by atoms with E-state index in [4.69, 9.17) is 9.15 Å². The van der Waals surface area contributed by atoms with E-state index in [-0.39, 0.29) is 17.6 Å². The third kappa shape index (κ3) is 4.98. The van der Waals surface area contributed by atoms with Gasteiger partial charge in [0.2, 0.25) is 0 Å². The molecule has 0 unspecified atom stereocenters. The Morgan fingerprint density at radius 3 is 2.58 bits per heavy atom. The number of amides is 2. The van der Waals surface area contributed by atoms with Crippen LogP contribution in [-0.4, -0.2) is 24.1 Å². The molecule has 33 heavy (non-hydrogen) atoms. The van der Waals surface area contributed by atoms with E-state index in [0.717, 1.165) is 46.8 Å². The van der Waals surface area contributed by atoms with E-state index in [9.17, 15) is 9.59 Å². The van der Waals surface area contributed by atoms with Crippen LogP contribution in [-0.2, 0) is 6.42 Å². The summed E-state index contributed by atoms with van der Waals surface area (Å²) in [5.41, 5.74) is 7.11. The van der Waals surface area contributed by atoms with Crippen molar-refractivity contribution in [2.75, 3.05) is 11.9 Å². The van der Waals surface area contributed by atoms with E-state index in [1.165, 1.54) is 0 Å². The highest BCUT2D eigenvalue weighted by molar-refractivity contribution is 6.09. The second-order valence-corrected chi connectivity index (χ2v) is 7.99. The second kappa shape index (κ2) is 9.73. The number of hydrazone groups is 1. The lowest BCUT2D eigenvalue weighted by molar-refractivity contribution is 0.0953. The lowest BCUT2D eigenvalue weighted by Crippen LogP contribution is -2.22. The molecule has 0 radical (unpaired) electrons. The Kier molecular flexibility index (Phi) is 6.58. The minimum absolute atomic E-state index is 0.258. The second-order valence-electron chi connectivity index (χ2n) is 7.99. The molecule has 0 bridgehead atoms. The maximum atomic E-state index is 12.9. The molecule has 1 heterocycles. The van der Waals surface area contributed by atoms with Gasteiger partial charge in [-0.2, -0.15) is 5.10 Å². The van der Waals surface area contributed by atoms with Crippen LogP contribution in [0.4, 0.5) is 5.69 Å². The van der Waals surface area contributed by atoms with Gasteiger partial charge in [0.1, 0.15) is 11.5 Å². The molecule has 4 rings (SSSR count). The van der Waals surface area contributed by atoms with Crippen LogP contribution in [0.15, 0.2) is 58.0 Å². The number of benzene rings is 2. The molecular weight excluding hydrogens is 418 g/mol. The molecular formula is C26H27N3O4. The zero-order chi connectivity index (χ0) is 23.4. The molecule has 0 saturated carbocycles. The predicted molar refractivity (Wildman–Crippen MR) is 127 cm³/mol. The summed E-state index contributed by atoms with van der Waals surface area (Å²) < 4.78 is 11.4. The molecule has 3 aromatic rings. The van der Waals surface area contributed by atoms with Gasteiger partial charge in [0, 0.05) is 28.8 Å². The quantitative estimate of drug-likeness (QED) is 0.521. The molecule has 1 aliphatic carbocycles. The molecule has 170 valence electrons. The highest BCUT2D eigenvalue weighted by Crippen LogP contribution is 2.30. The van der Waals surface area contributed by atoms with Crippen LogP contribution in [0.5, 0.6) is 5.75 Å². The molecule has 1 aromatic heterocycles. The first kappa shape index (κ1) is 22.3. The van der Waals surface area contributed by atoms with Gasteiger partial charge in [-0.05, 0) is 70.0 Å². The zero-order valence-corrected chi connectivity index (χ0v) is 19.0. The summed E-state index contributed by atoms with van der Waals surface area (Å²) in [4.78, 5) is 25.4. The van der Waals surface area contributed by atoms with Gasteiger partial charge in [-0.1, -0.05) is 17.7 Å². The van der Waals surface area contributed by atoms with E-state index in [0.29, 0.717) is 24.3 Å². The number of nitrogens with one attached hydrogen (secondary N) is 2. The van der Waals surface area contributed by atoms with Crippen LogP contribution in [0.2, 0.25) is 0 Å². The van der Waals surface area contributed by atoms with Crippen molar-refractivity contribution >= 4 is 23.2 Å². The van der Waals surface area contributed by atoms with Crippen LogP contribution in [0.25, 0.3) is 0 Å². The van der Waals surface area contributed by atoms with Gasteiger partial charge in [-0.3, -0.25) is 9.59 Å². The summed E-state index contributed by atoms with van der Waals surface area (Å²) in [5, 5.41) is 7.26. The van der Waals surface area contributed by atoms with Gasteiger partial charge >= 0.3 is 0 Å². The summed E-state index contributed by atoms with van der Waals surface area (Å²) in [5.74, 6) is 1.13. The number of ether oxygens (including phenoxy) is 1. The first-order valence-electron chi connectivity index (χ1n) is 11.1. The topological polar surface area (TPSA) is 92.9 Å². The fourth-order valence-corrected chi connectivity index (χ4v) is 3.95. The molecule has 0 atom stereocenters. The standard InChI is InChI=1S/C26H27N3O4/c1-4-32-20-13-11-19(12-14-20)27-26(31)24-17(3)23-21(9-6-10-22(23)33-24)28-29-25(30)18-8-5-7-16(2)15-18/h5,7-8,11-15H,4,6,9-10H2,1-3H3,(H,27,31)(H,29,30)/b28-21+. The van der Waals surface area contributed by atoms with Crippen LogP contribution in [0, 0.1) is 13.8 Å². The van der Waals surface area contributed by atoms with Gasteiger partial charge < -0.3 is 14.5 Å². The van der Waals surface area contributed by atoms with Crippen molar-refractivity contribution < 1.29 is 18.7 Å². The van der Waals surface area contributed by atoms with Crippen LogP contribution < -0.4 is 15.5 Å². The average molecular weight is 446 g/mol. The van der Waals surface area contributed by atoms with E-state index < -0.39 is 0 Å². The largest absolute Gasteiger partial charge is 0.494 e. The summed E-state index contributed by atoms with van der Waals surface area (Å²) >= 11 is 0. The number of aryl methyl sites for hydroxylation is 2. The number of furan rings is 1. The number of anilines is 1. The highest BCUT2D eigenvalue weighted by Gasteiger charge is 2.28. The number of fused-ring (bicyclic) bond motifs is 1. The molecule has 0 saturated heterocycles. The number of hydrogen-bond acceptors (Lipinski definition) is 5. The van der Waals surface area contributed by atoms with Crippen LogP contribution >= 0.6 is 0 Å². The van der Waals surface area contributed by atoms with E-state index >= 15 is 0 Å². The van der Waals surface area contributed by atoms with Crippen molar-refractivity contribution in [1.82, 2.24) is 5.43 Å². The van der Waals surface area contributed by atoms with Gasteiger partial charge in [0.25, 0.3) is 11.8 Å². The third-order valence-electron chi connectivity index (χ3n) is 5.53. The number of carbonyl (C=O) groups excluding carboxylic acids is 2. The van der Waals surface area contributed by atoms with Crippen molar-refractivity contribution in [3.05, 3.63) is 82.3 Å². The van der Waals surface area contributed by atoms with Crippen LogP contribution in [0.3, 0.4) is 0 Å². The Hall–Kier alpha value is -3.87. The van der Waals surface area contributed by atoms with Crippen molar-refractivity contribution in [2.24, 2.45) is 5.10 Å². The first-order valence-corrected chi connectivity index (χ1v) is 11.1. The van der Waals surface area contributed by atoms with Crippen molar-refractivity contribution in [3.63, 3.8) is 0 Å². The predicted octanol–water partition coefficient (Wildman–Crippen LogP) is 5.02. The molecule has 2 amide bonds. The lowest BCUT2D eigenvalue weighted by atomic mass is 9.93. The molecule has 1 aliphatic rings. The molecule has 0 fully saturated rings. The van der Waals surface area contributed by atoms with Crippen LogP contribution in [0.1, 0.15) is 63.1 Å². The number of hydrogen-bond donors (Lipinski definition) is 2. The zero-order valence-electron chi connectivity index (χ0n) is 19.0. The fourth-order valence-electron chi connectivity index (χ4n) is 3.95. The number of nitrogens with zero attached hydrogens (tertiary/aromatic N) is 1. The molecule has 7 heteroatoms. The smallest absolute Gasteiger partial charge is 0.291 e. The Morgan fingerprint density at radius 2 is 1.85 bits per heavy atom. The SMILES string of the molecule is CCOc1ccc(NC(=O)c2oc3c(c2C)/C(=N/NC(=O)c2cccc(C)c2)CCC3)cc1. The third-order valence-corrected chi connectivity index (χ3v) is 5.53. The minimum atomic E-state index is -0.325. The van der Waals surface area contributed by atoms with Gasteiger partial charge in [0.05, 0.1) is 12.3 Å². The normalized spacial score (nSPS) is 14.0. The molecule has 0 aliphatic heterocycles. The molecule has 2 N–H and O–H groups in total. The Bertz CT molecular complexity index is 1210. The fraction of sp³-hybridized carbons (Fsp3) is 0.269. The molecule has 2 aromatic carbocycles. The van der Waals surface area contributed by atoms with Gasteiger partial charge in [0.15, 0.2) is 5.76 Å². The lowest BCUT2D eigenvalue weighted by Gasteiger charge is -2.13. The molecule has 0 spiro atoms. The minimum Gasteiger partial charge on any atom is -0.494 e. The van der Waals surface area contributed by atoms with Crippen molar-refractivity contribution in [2.45, 2.75) is 40.0 Å².